The minimum absolute atomic E-state index is 0.0162. The Balaban J connectivity index is 2.00. The number of rotatable bonds is 1. The highest BCUT2D eigenvalue weighted by molar-refractivity contribution is 5.74. The largest absolute Gasteiger partial charge is 0.469 e. The first-order chi connectivity index (χ1) is 5.74. The van der Waals surface area contributed by atoms with Crippen LogP contribution in [0.15, 0.2) is 0 Å². The molecule has 2 saturated carbocycles. The zero-order valence-electron chi connectivity index (χ0n) is 7.19. The van der Waals surface area contributed by atoms with Crippen LogP contribution in [0.3, 0.4) is 0 Å². The van der Waals surface area contributed by atoms with E-state index in [4.69, 9.17) is 0 Å². The molecule has 3 heteroatoms. The molecule has 2 rings (SSSR count). The zero-order valence-corrected chi connectivity index (χ0v) is 7.19. The van der Waals surface area contributed by atoms with E-state index < -0.39 is 0 Å². The van der Waals surface area contributed by atoms with E-state index >= 15 is 0 Å². The molecule has 68 valence electrons. The summed E-state index contributed by atoms with van der Waals surface area (Å²) in [5, 5.41) is 9.53. The molecule has 0 aromatic heterocycles. The normalized spacial score (nSPS) is 44.8. The number of methoxy groups -OCH3 is 1. The summed E-state index contributed by atoms with van der Waals surface area (Å²) < 4.78 is 4.66. The van der Waals surface area contributed by atoms with Gasteiger partial charge in [-0.1, -0.05) is 0 Å². The number of aliphatic hydroxyl groups is 1. The van der Waals surface area contributed by atoms with Crippen molar-refractivity contribution in [3.05, 3.63) is 0 Å². The van der Waals surface area contributed by atoms with Crippen LogP contribution in [0, 0.1) is 17.8 Å². The maximum Gasteiger partial charge on any atom is 0.309 e. The molecular formula is C9H14O3. The molecule has 2 aliphatic carbocycles. The lowest BCUT2D eigenvalue weighted by atomic mass is 9.66. The van der Waals surface area contributed by atoms with Crippen molar-refractivity contribution >= 4 is 5.97 Å². The first-order valence-electron chi connectivity index (χ1n) is 4.50. The Kier molecular flexibility index (Phi) is 1.83. The lowest BCUT2D eigenvalue weighted by molar-refractivity contribution is -0.157. The van der Waals surface area contributed by atoms with E-state index in [1.165, 1.54) is 7.11 Å². The Morgan fingerprint density at radius 1 is 1.50 bits per heavy atom. The van der Waals surface area contributed by atoms with Crippen LogP contribution < -0.4 is 0 Å². The van der Waals surface area contributed by atoms with Crippen molar-refractivity contribution in [2.24, 2.45) is 17.8 Å². The molecule has 4 unspecified atom stereocenters. The molecule has 0 amide bonds. The minimum atomic E-state index is -0.257. The van der Waals surface area contributed by atoms with Crippen molar-refractivity contribution in [2.75, 3.05) is 7.11 Å². The maximum atomic E-state index is 11.1. The number of aliphatic hydroxyl groups excluding tert-OH is 1. The molecule has 4 atom stereocenters. The lowest BCUT2D eigenvalue weighted by Crippen LogP contribution is -2.43. The minimum Gasteiger partial charge on any atom is -0.469 e. The van der Waals surface area contributed by atoms with Crippen LogP contribution in [0.25, 0.3) is 0 Å². The van der Waals surface area contributed by atoms with Gasteiger partial charge >= 0.3 is 5.97 Å². The Hall–Kier alpha value is -0.570. The zero-order chi connectivity index (χ0) is 8.72. The van der Waals surface area contributed by atoms with Gasteiger partial charge < -0.3 is 9.84 Å². The van der Waals surface area contributed by atoms with Gasteiger partial charge in [-0.15, -0.1) is 0 Å². The molecule has 2 aliphatic rings. The third-order valence-electron chi connectivity index (χ3n) is 3.35. The summed E-state index contributed by atoms with van der Waals surface area (Å²) in [7, 11) is 1.41. The molecule has 1 N–H and O–H groups in total. The van der Waals surface area contributed by atoms with Gasteiger partial charge in [0.1, 0.15) is 0 Å². The molecule has 0 saturated heterocycles. The third kappa shape index (κ3) is 0.959. The molecule has 0 aromatic rings. The molecule has 0 heterocycles. The van der Waals surface area contributed by atoms with E-state index in [2.05, 4.69) is 4.74 Å². The smallest absolute Gasteiger partial charge is 0.309 e. The highest BCUT2D eigenvalue weighted by Crippen LogP contribution is 2.51. The summed E-state index contributed by atoms with van der Waals surface area (Å²) in [6.07, 6.45) is 2.61. The second kappa shape index (κ2) is 2.73. The van der Waals surface area contributed by atoms with Crippen LogP contribution in [-0.4, -0.2) is 24.3 Å². The molecule has 0 spiro atoms. The van der Waals surface area contributed by atoms with Crippen molar-refractivity contribution < 1.29 is 14.6 Å². The summed E-state index contributed by atoms with van der Waals surface area (Å²) in [6.45, 7) is 0. The van der Waals surface area contributed by atoms with E-state index in [0.717, 1.165) is 19.3 Å². The van der Waals surface area contributed by atoms with Crippen LogP contribution in [0.5, 0.6) is 0 Å². The Bertz CT molecular complexity index is 196. The second-order valence-electron chi connectivity index (χ2n) is 3.85. The van der Waals surface area contributed by atoms with E-state index in [1.54, 1.807) is 0 Å². The van der Waals surface area contributed by atoms with Gasteiger partial charge in [-0.25, -0.2) is 0 Å². The van der Waals surface area contributed by atoms with Gasteiger partial charge in [0.25, 0.3) is 0 Å². The van der Waals surface area contributed by atoms with Crippen molar-refractivity contribution in [1.29, 1.82) is 0 Å². The van der Waals surface area contributed by atoms with Crippen molar-refractivity contribution in [1.82, 2.24) is 0 Å². The van der Waals surface area contributed by atoms with Crippen LogP contribution in [0.1, 0.15) is 19.3 Å². The summed E-state index contributed by atoms with van der Waals surface area (Å²) in [6, 6.07) is 0. The van der Waals surface area contributed by atoms with E-state index in [1.807, 2.05) is 0 Å². The van der Waals surface area contributed by atoms with E-state index in [-0.39, 0.29) is 23.9 Å². The maximum absolute atomic E-state index is 11.1. The van der Waals surface area contributed by atoms with Crippen LogP contribution in [0.2, 0.25) is 0 Å². The summed E-state index contributed by atoms with van der Waals surface area (Å²) in [5.74, 6) is 0.635. The van der Waals surface area contributed by atoms with Gasteiger partial charge in [-0.05, 0) is 25.2 Å². The molecule has 0 aliphatic heterocycles. The van der Waals surface area contributed by atoms with Crippen molar-refractivity contribution in [2.45, 2.75) is 25.4 Å². The fraction of sp³-hybridized carbons (Fsp3) is 0.889. The quantitative estimate of drug-likeness (QED) is 0.585. The van der Waals surface area contributed by atoms with Gasteiger partial charge in [-0.3, -0.25) is 4.79 Å². The third-order valence-corrected chi connectivity index (χ3v) is 3.35. The number of hydrogen-bond acceptors (Lipinski definition) is 3. The fourth-order valence-electron chi connectivity index (χ4n) is 2.65. The highest BCUT2D eigenvalue weighted by Gasteiger charge is 2.52. The predicted octanol–water partition coefficient (Wildman–Crippen LogP) is 0.566. The molecule has 2 fully saturated rings. The van der Waals surface area contributed by atoms with Crippen LogP contribution >= 0.6 is 0 Å². The Morgan fingerprint density at radius 2 is 2.25 bits per heavy atom. The van der Waals surface area contributed by atoms with Crippen LogP contribution in [0.4, 0.5) is 0 Å². The summed E-state index contributed by atoms with van der Waals surface area (Å²) in [4.78, 5) is 11.1. The fourth-order valence-corrected chi connectivity index (χ4v) is 2.65. The standard InChI is InChI=1S/C9H14O3/c1-12-9(11)6-4-5-2-3-7(10)8(5)6/h5-8,10H,2-4H2,1H3. The SMILES string of the molecule is COC(=O)C1CC2CCC(O)C21. The molecule has 12 heavy (non-hydrogen) atoms. The Morgan fingerprint density at radius 3 is 2.83 bits per heavy atom. The average molecular weight is 170 g/mol. The number of carbonyl (C=O) groups is 1. The number of esters is 1. The van der Waals surface area contributed by atoms with Gasteiger partial charge in [-0.2, -0.15) is 0 Å². The van der Waals surface area contributed by atoms with Crippen LogP contribution in [-0.2, 0) is 9.53 Å². The number of hydrogen-bond donors (Lipinski definition) is 1. The van der Waals surface area contributed by atoms with Gasteiger partial charge in [0.15, 0.2) is 0 Å². The summed E-state index contributed by atoms with van der Waals surface area (Å²) >= 11 is 0. The van der Waals surface area contributed by atoms with Gasteiger partial charge in [0.05, 0.1) is 19.1 Å². The monoisotopic (exact) mass is 170 g/mol. The number of ether oxygens (including phenoxy) is 1. The van der Waals surface area contributed by atoms with E-state index in [0.29, 0.717) is 5.92 Å². The predicted molar refractivity (Wildman–Crippen MR) is 42.3 cm³/mol. The first kappa shape index (κ1) is 8.05. The second-order valence-corrected chi connectivity index (χ2v) is 3.85. The Labute approximate surface area is 71.7 Å². The molecule has 3 nitrogen and oxygen atoms in total. The number of carbonyl (C=O) groups excluding carboxylic acids is 1. The van der Waals surface area contributed by atoms with Gasteiger partial charge in [0.2, 0.25) is 0 Å². The first-order valence-corrected chi connectivity index (χ1v) is 4.50. The molecule has 0 radical (unpaired) electrons. The average Bonchev–Trinajstić information content (AvgIpc) is 2.26. The topological polar surface area (TPSA) is 46.5 Å². The molecule has 0 aromatic carbocycles. The molecular weight excluding hydrogens is 156 g/mol. The highest BCUT2D eigenvalue weighted by atomic mass is 16.5. The lowest BCUT2D eigenvalue weighted by Gasteiger charge is -2.39. The molecule has 0 bridgehead atoms. The van der Waals surface area contributed by atoms with Gasteiger partial charge in [0, 0.05) is 5.92 Å². The van der Waals surface area contributed by atoms with Crippen molar-refractivity contribution in [3.8, 4) is 0 Å². The summed E-state index contributed by atoms with van der Waals surface area (Å²) in [5.41, 5.74) is 0. The van der Waals surface area contributed by atoms with E-state index in [9.17, 15) is 9.90 Å². The van der Waals surface area contributed by atoms with Crippen molar-refractivity contribution in [3.63, 3.8) is 0 Å². The number of fused-ring (bicyclic) bond motifs is 1.